The summed E-state index contributed by atoms with van der Waals surface area (Å²) in [5, 5.41) is 11.3. The minimum atomic E-state index is -0.0138. The number of carbonyl (C=O) groups is 1. The lowest BCUT2D eigenvalue weighted by Crippen LogP contribution is -2.37. The molecule has 0 spiro atoms. The van der Waals surface area contributed by atoms with E-state index in [1.54, 1.807) is 7.11 Å². The quantitative estimate of drug-likeness (QED) is 0.811. The van der Waals surface area contributed by atoms with E-state index in [2.05, 4.69) is 16.3 Å². The number of nitriles is 1. The fourth-order valence-corrected chi connectivity index (χ4v) is 2.74. The first-order chi connectivity index (χ1) is 10.2. The fraction of sp³-hybridized carbons (Fsp3) is 0.500. The molecule has 1 amide bonds. The van der Waals surface area contributed by atoms with Gasteiger partial charge in [-0.1, -0.05) is 12.1 Å². The molecular weight excluding hydrogens is 266 g/mol. The Morgan fingerprint density at radius 2 is 2.43 bits per heavy atom. The molecule has 5 heteroatoms. The normalized spacial score (nSPS) is 18.2. The van der Waals surface area contributed by atoms with Crippen LogP contribution in [-0.4, -0.2) is 37.6 Å². The lowest BCUT2D eigenvalue weighted by atomic mass is 10.0. The summed E-state index contributed by atoms with van der Waals surface area (Å²) in [7, 11) is 1.66. The summed E-state index contributed by atoms with van der Waals surface area (Å²) in [5.74, 6) is 0.831. The summed E-state index contributed by atoms with van der Waals surface area (Å²) >= 11 is 0. The molecular formula is C16H21N3O2. The number of hydrogen-bond donors (Lipinski definition) is 1. The summed E-state index contributed by atoms with van der Waals surface area (Å²) in [6.45, 7) is 1.73. The Morgan fingerprint density at radius 3 is 3.19 bits per heavy atom. The average molecular weight is 287 g/mol. The van der Waals surface area contributed by atoms with Crippen LogP contribution in [0.3, 0.4) is 0 Å². The molecule has 0 aromatic heterocycles. The van der Waals surface area contributed by atoms with Crippen molar-refractivity contribution in [3.8, 4) is 11.8 Å². The molecule has 1 fully saturated rings. The maximum atomic E-state index is 11.9. The number of rotatable bonds is 6. The second-order valence-corrected chi connectivity index (χ2v) is 5.16. The van der Waals surface area contributed by atoms with Gasteiger partial charge < -0.3 is 10.1 Å². The van der Waals surface area contributed by atoms with Crippen molar-refractivity contribution < 1.29 is 9.53 Å². The highest BCUT2D eigenvalue weighted by Gasteiger charge is 2.27. The Hall–Kier alpha value is -2.06. The standard InChI is InChI=1S/C16H21N3O2/c1-21-14-6-2-5-13(11-14)15-7-3-10-19(15)12-16(20)18-9-4-8-17/h2,5-6,11,15H,3-4,7,9-10,12H2,1H3,(H,18,20)/t15-/m0/s1. The Bertz CT molecular complexity index is 524. The molecule has 1 N–H and O–H groups in total. The van der Waals surface area contributed by atoms with Gasteiger partial charge in [-0.3, -0.25) is 9.69 Å². The van der Waals surface area contributed by atoms with E-state index in [-0.39, 0.29) is 11.9 Å². The number of likely N-dealkylation sites (tertiary alicyclic amines) is 1. The summed E-state index contributed by atoms with van der Waals surface area (Å²) in [6, 6.07) is 10.3. The van der Waals surface area contributed by atoms with E-state index in [1.807, 2.05) is 24.3 Å². The summed E-state index contributed by atoms with van der Waals surface area (Å²) in [6.07, 6.45) is 2.50. The van der Waals surface area contributed by atoms with Crippen LogP contribution in [0.2, 0.25) is 0 Å². The van der Waals surface area contributed by atoms with Crippen LogP contribution in [0.1, 0.15) is 30.9 Å². The van der Waals surface area contributed by atoms with Gasteiger partial charge in [0.15, 0.2) is 0 Å². The largest absolute Gasteiger partial charge is 0.497 e. The van der Waals surface area contributed by atoms with Crippen molar-refractivity contribution >= 4 is 5.91 Å². The van der Waals surface area contributed by atoms with Gasteiger partial charge in [0.05, 0.1) is 26.1 Å². The molecule has 2 rings (SSSR count). The van der Waals surface area contributed by atoms with Crippen molar-refractivity contribution in [3.05, 3.63) is 29.8 Å². The fourth-order valence-electron chi connectivity index (χ4n) is 2.74. The topological polar surface area (TPSA) is 65.4 Å². The molecule has 1 aromatic rings. The van der Waals surface area contributed by atoms with Crippen LogP contribution in [0, 0.1) is 11.3 Å². The SMILES string of the molecule is COc1cccc([C@@H]2CCCN2CC(=O)NCCC#N)c1. The van der Waals surface area contributed by atoms with Crippen molar-refractivity contribution in [3.63, 3.8) is 0 Å². The maximum Gasteiger partial charge on any atom is 0.234 e. The predicted molar refractivity (Wildman–Crippen MR) is 79.8 cm³/mol. The van der Waals surface area contributed by atoms with Gasteiger partial charge in [-0.05, 0) is 37.1 Å². The van der Waals surface area contributed by atoms with Crippen molar-refractivity contribution in [2.75, 3.05) is 26.7 Å². The number of methoxy groups -OCH3 is 1. The van der Waals surface area contributed by atoms with Gasteiger partial charge in [0.1, 0.15) is 5.75 Å². The zero-order valence-corrected chi connectivity index (χ0v) is 12.3. The van der Waals surface area contributed by atoms with Crippen molar-refractivity contribution in [1.82, 2.24) is 10.2 Å². The van der Waals surface area contributed by atoms with Gasteiger partial charge in [0, 0.05) is 12.6 Å². The minimum absolute atomic E-state index is 0.0138. The highest BCUT2D eigenvalue weighted by Crippen LogP contribution is 2.32. The Morgan fingerprint density at radius 1 is 1.57 bits per heavy atom. The first kappa shape index (κ1) is 15.3. The van der Waals surface area contributed by atoms with Crippen LogP contribution in [0.15, 0.2) is 24.3 Å². The van der Waals surface area contributed by atoms with E-state index in [0.717, 1.165) is 25.1 Å². The monoisotopic (exact) mass is 287 g/mol. The number of hydrogen-bond acceptors (Lipinski definition) is 4. The molecule has 0 unspecified atom stereocenters. The molecule has 21 heavy (non-hydrogen) atoms. The molecule has 0 saturated carbocycles. The van der Waals surface area contributed by atoms with Gasteiger partial charge >= 0.3 is 0 Å². The highest BCUT2D eigenvalue weighted by atomic mass is 16.5. The second-order valence-electron chi connectivity index (χ2n) is 5.16. The molecule has 1 heterocycles. The Labute approximate surface area is 125 Å². The first-order valence-electron chi connectivity index (χ1n) is 7.26. The molecule has 112 valence electrons. The maximum absolute atomic E-state index is 11.9. The number of ether oxygens (including phenoxy) is 1. The molecule has 1 saturated heterocycles. The summed E-state index contributed by atoms with van der Waals surface area (Å²) < 4.78 is 5.27. The molecule has 1 aliphatic rings. The highest BCUT2D eigenvalue weighted by molar-refractivity contribution is 5.78. The number of amides is 1. The molecule has 0 aliphatic carbocycles. The van der Waals surface area contributed by atoms with Crippen LogP contribution < -0.4 is 10.1 Å². The zero-order valence-electron chi connectivity index (χ0n) is 12.3. The van der Waals surface area contributed by atoms with E-state index in [0.29, 0.717) is 19.5 Å². The Kier molecular flexibility index (Phi) is 5.59. The molecule has 0 bridgehead atoms. The van der Waals surface area contributed by atoms with Crippen LogP contribution >= 0.6 is 0 Å². The van der Waals surface area contributed by atoms with E-state index < -0.39 is 0 Å². The lowest BCUT2D eigenvalue weighted by molar-refractivity contribution is -0.122. The van der Waals surface area contributed by atoms with Gasteiger partial charge in [0.2, 0.25) is 5.91 Å². The third-order valence-corrected chi connectivity index (χ3v) is 3.75. The third kappa shape index (κ3) is 4.20. The predicted octanol–water partition coefficient (Wildman–Crippen LogP) is 1.86. The smallest absolute Gasteiger partial charge is 0.234 e. The number of carbonyl (C=O) groups excluding carboxylic acids is 1. The third-order valence-electron chi connectivity index (χ3n) is 3.75. The minimum Gasteiger partial charge on any atom is -0.497 e. The number of nitrogens with zero attached hydrogens (tertiary/aromatic N) is 2. The molecule has 1 aliphatic heterocycles. The van der Waals surface area contributed by atoms with Gasteiger partial charge in [-0.2, -0.15) is 5.26 Å². The van der Waals surface area contributed by atoms with Crippen LogP contribution in [0.25, 0.3) is 0 Å². The molecule has 1 atom stereocenters. The zero-order chi connectivity index (χ0) is 15.1. The number of nitrogens with one attached hydrogen (secondary N) is 1. The molecule has 1 aromatic carbocycles. The van der Waals surface area contributed by atoms with Gasteiger partial charge in [-0.25, -0.2) is 0 Å². The van der Waals surface area contributed by atoms with Crippen LogP contribution in [0.5, 0.6) is 5.75 Å². The van der Waals surface area contributed by atoms with Crippen molar-refractivity contribution in [2.24, 2.45) is 0 Å². The molecule has 0 radical (unpaired) electrons. The van der Waals surface area contributed by atoms with Crippen LogP contribution in [-0.2, 0) is 4.79 Å². The second kappa shape index (κ2) is 7.65. The molecule has 5 nitrogen and oxygen atoms in total. The number of benzene rings is 1. The van der Waals surface area contributed by atoms with Crippen molar-refractivity contribution in [1.29, 1.82) is 5.26 Å². The van der Waals surface area contributed by atoms with E-state index in [4.69, 9.17) is 10.00 Å². The lowest BCUT2D eigenvalue weighted by Gasteiger charge is -2.24. The van der Waals surface area contributed by atoms with Crippen LogP contribution in [0.4, 0.5) is 0 Å². The van der Waals surface area contributed by atoms with Gasteiger partial charge in [0.25, 0.3) is 0 Å². The average Bonchev–Trinajstić information content (AvgIpc) is 2.95. The summed E-state index contributed by atoms with van der Waals surface area (Å²) in [5.41, 5.74) is 1.19. The van der Waals surface area contributed by atoms with Gasteiger partial charge in [-0.15, -0.1) is 0 Å². The van der Waals surface area contributed by atoms with E-state index >= 15 is 0 Å². The van der Waals surface area contributed by atoms with E-state index in [9.17, 15) is 4.79 Å². The first-order valence-corrected chi connectivity index (χ1v) is 7.26. The Balaban J connectivity index is 1.96. The van der Waals surface area contributed by atoms with E-state index in [1.165, 1.54) is 5.56 Å². The summed E-state index contributed by atoms with van der Waals surface area (Å²) in [4.78, 5) is 14.1. The van der Waals surface area contributed by atoms with Crippen molar-refractivity contribution in [2.45, 2.75) is 25.3 Å².